The molecule has 0 saturated carbocycles. The van der Waals surface area contributed by atoms with Crippen molar-refractivity contribution in [3.05, 3.63) is 0 Å². The number of nitrogens with one attached hydrogen (secondary N) is 2. The molecule has 0 aliphatic carbocycles. The van der Waals surface area contributed by atoms with Crippen LogP contribution in [0.3, 0.4) is 0 Å². The third-order valence-corrected chi connectivity index (χ3v) is 2.73. The van der Waals surface area contributed by atoms with Gasteiger partial charge in [0.15, 0.2) is 0 Å². The number of rotatable bonds is 0. The summed E-state index contributed by atoms with van der Waals surface area (Å²) in [6.07, 6.45) is 0. The highest BCUT2D eigenvalue weighted by atomic mass is 32.3. The summed E-state index contributed by atoms with van der Waals surface area (Å²) in [7, 11) is 0. The van der Waals surface area contributed by atoms with Gasteiger partial charge in [0.25, 0.3) is 0 Å². The van der Waals surface area contributed by atoms with Gasteiger partial charge in [0, 0.05) is 12.1 Å². The second-order valence-electron chi connectivity index (χ2n) is 0.699. The average molecular weight is 157 g/mol. The zero-order chi connectivity index (χ0) is 5.11. The van der Waals surface area contributed by atoms with Crippen molar-refractivity contribution in [2.75, 3.05) is 0 Å². The highest BCUT2D eigenvalue weighted by Crippen LogP contribution is 2.08. The van der Waals surface area contributed by atoms with E-state index in [1.807, 2.05) is 0 Å². The minimum absolute atomic E-state index is 0.952. The van der Waals surface area contributed by atoms with Gasteiger partial charge in [0.2, 0.25) is 0 Å². The van der Waals surface area contributed by atoms with Crippen LogP contribution in [0.2, 0.25) is 0 Å². The van der Waals surface area contributed by atoms with E-state index in [9.17, 15) is 0 Å². The molecule has 1 atom stereocenters. The summed E-state index contributed by atoms with van der Waals surface area (Å²) in [4.78, 5) is 0. The summed E-state index contributed by atoms with van der Waals surface area (Å²) in [5, 5.41) is 0. The molecule has 0 aromatic rings. The number of hydrogen-bond donors (Lipinski definition) is 3. The Labute approximate surface area is 52.4 Å². The van der Waals surface area contributed by atoms with Crippen LogP contribution in [0.1, 0.15) is 0 Å². The van der Waals surface area contributed by atoms with E-state index in [-0.39, 0.29) is 0 Å². The molecule has 0 spiro atoms. The fourth-order valence-electron chi connectivity index (χ4n) is 0.139. The first-order valence-corrected chi connectivity index (χ1v) is 4.09. The highest BCUT2D eigenvalue weighted by Gasteiger charge is 1.96. The largest absolute Gasteiger partial charge is 0.309 e. The first-order valence-electron chi connectivity index (χ1n) is 1.36. The van der Waals surface area contributed by atoms with E-state index < -0.39 is 11.2 Å². The molecule has 1 aliphatic heterocycles. The summed E-state index contributed by atoms with van der Waals surface area (Å²) >= 11 is 1.42. The van der Waals surface area contributed by atoms with E-state index in [2.05, 4.69) is 12.0 Å². The van der Waals surface area contributed by atoms with Crippen LogP contribution < -0.4 is 8.25 Å². The molecule has 0 amide bonds. The Morgan fingerprint density at radius 2 is 2.57 bits per heavy atom. The molecule has 1 aliphatic rings. The van der Waals surface area contributed by atoms with Crippen LogP contribution in [-0.2, 0) is 11.2 Å². The lowest BCUT2D eigenvalue weighted by Gasteiger charge is -2.05. The van der Waals surface area contributed by atoms with Gasteiger partial charge in [-0.3, -0.25) is 0 Å². The summed E-state index contributed by atoms with van der Waals surface area (Å²) in [5.41, 5.74) is 0. The lowest BCUT2D eigenvalue weighted by atomic mass is 13.8. The molecule has 0 bridgehead atoms. The van der Waals surface area contributed by atoms with Crippen LogP contribution in [0.25, 0.3) is 0 Å². The topological polar surface area (TPSA) is 56.7 Å². The van der Waals surface area contributed by atoms with Gasteiger partial charge in [0.1, 0.15) is 11.2 Å². The molecule has 0 aromatic heterocycles. The quantitative estimate of drug-likeness (QED) is 0.447. The van der Waals surface area contributed by atoms with Crippen molar-refractivity contribution < 1.29 is 4.55 Å². The maximum atomic E-state index is 8.58. The minimum atomic E-state index is -0.952. The normalized spacial score (nSPS) is 31.9. The highest BCUT2D eigenvalue weighted by molar-refractivity contribution is 8.19. The Kier molecular flexibility index (Phi) is 2.43. The predicted octanol–water partition coefficient (Wildman–Crippen LogP) is 0.495. The molecule has 7 heteroatoms. The fourth-order valence-corrected chi connectivity index (χ4v) is 2.10. The van der Waals surface area contributed by atoms with E-state index in [4.69, 9.17) is 4.55 Å². The Bertz CT molecular complexity index is 90.2. The van der Waals surface area contributed by atoms with E-state index in [1.165, 1.54) is 12.1 Å². The molecule has 1 heterocycles. The van der Waals surface area contributed by atoms with Gasteiger partial charge in [-0.25, -0.2) is 0 Å². The third kappa shape index (κ3) is 1.98. The second-order valence-corrected chi connectivity index (χ2v) is 3.54. The van der Waals surface area contributed by atoms with Gasteiger partial charge in [-0.2, -0.15) is 8.25 Å². The van der Waals surface area contributed by atoms with E-state index in [1.54, 1.807) is 0 Å². The van der Waals surface area contributed by atoms with Crippen LogP contribution in [0, 0.1) is 0 Å². The van der Waals surface area contributed by atoms with Crippen molar-refractivity contribution >= 4 is 35.4 Å². The zero-order valence-corrected chi connectivity index (χ0v) is 5.57. The van der Waals surface area contributed by atoms with Gasteiger partial charge in [-0.15, -0.1) is 3.77 Å². The molecule has 0 fully saturated rings. The van der Waals surface area contributed by atoms with Crippen molar-refractivity contribution in [3.8, 4) is 0 Å². The van der Waals surface area contributed by atoms with Crippen LogP contribution in [0.15, 0.2) is 3.77 Å². The van der Waals surface area contributed by atoms with Gasteiger partial charge >= 0.3 is 0 Å². The second kappa shape index (κ2) is 2.90. The van der Waals surface area contributed by atoms with Crippen LogP contribution in [0.4, 0.5) is 0 Å². The van der Waals surface area contributed by atoms with Crippen LogP contribution in [0.5, 0.6) is 0 Å². The maximum absolute atomic E-state index is 8.58. The van der Waals surface area contributed by atoms with Gasteiger partial charge < -0.3 is 4.55 Å². The Morgan fingerprint density at radius 1 is 1.71 bits per heavy atom. The molecule has 3 N–H and O–H groups in total. The fraction of sp³-hybridized carbons (Fsp3) is 0. The van der Waals surface area contributed by atoms with Crippen molar-refractivity contribution in [3.63, 3.8) is 0 Å². The Morgan fingerprint density at radius 3 is 2.86 bits per heavy atom. The minimum Gasteiger partial charge on any atom is -0.309 e. The predicted molar refractivity (Wildman–Crippen MR) is 33.9 cm³/mol. The average Bonchev–Trinajstić information content (AvgIpc) is 1.69. The molecule has 0 saturated heterocycles. The van der Waals surface area contributed by atoms with E-state index >= 15 is 0 Å². The first kappa shape index (κ1) is 5.86. The molecule has 4 nitrogen and oxygen atoms in total. The molecular formula is H3N3OS3. The summed E-state index contributed by atoms with van der Waals surface area (Å²) in [6, 6.07) is 0. The first-order chi connectivity index (χ1) is 3.39. The van der Waals surface area contributed by atoms with E-state index in [0.717, 1.165) is 12.1 Å². The Balaban J connectivity index is 2.40. The van der Waals surface area contributed by atoms with E-state index in [0.29, 0.717) is 0 Å². The van der Waals surface area contributed by atoms with Gasteiger partial charge in [-0.05, 0) is 0 Å². The molecule has 1 rings (SSSR count). The van der Waals surface area contributed by atoms with Crippen LogP contribution in [-0.4, -0.2) is 4.55 Å². The van der Waals surface area contributed by atoms with Crippen molar-refractivity contribution in [2.45, 2.75) is 0 Å². The summed E-state index contributed by atoms with van der Waals surface area (Å²) < 4.78 is 17.5. The lowest BCUT2D eigenvalue weighted by Crippen LogP contribution is -2.14. The molecule has 42 valence electrons. The lowest BCUT2D eigenvalue weighted by molar-refractivity contribution is 0.648. The standard InChI is InChI=1S/H3N3OS3/c4-7-2-5-1-6-3-7/h1H,(H2,2,3,4). The zero-order valence-electron chi connectivity index (χ0n) is 3.12. The molecule has 0 radical (unpaired) electrons. The maximum Gasteiger partial charge on any atom is 0.128 e. The van der Waals surface area contributed by atoms with Crippen LogP contribution >= 0.6 is 24.3 Å². The molecular weight excluding hydrogens is 154 g/mol. The summed E-state index contributed by atoms with van der Waals surface area (Å²) in [6.45, 7) is 0. The monoisotopic (exact) mass is 157 g/mol. The number of hydrogen-bond acceptors (Lipinski definition) is 5. The van der Waals surface area contributed by atoms with Crippen molar-refractivity contribution in [1.82, 2.24) is 8.25 Å². The van der Waals surface area contributed by atoms with Crippen molar-refractivity contribution in [2.24, 2.45) is 3.77 Å². The SMILES string of the molecule is OS1=NSNSN1. The van der Waals surface area contributed by atoms with Gasteiger partial charge in [0.05, 0.1) is 12.1 Å². The Hall–Kier alpha value is 0.730. The number of nitrogens with zero attached hydrogens (tertiary/aromatic N) is 1. The van der Waals surface area contributed by atoms with Gasteiger partial charge in [-0.1, -0.05) is 0 Å². The third-order valence-electron chi connectivity index (χ3n) is 0.303. The smallest absolute Gasteiger partial charge is 0.128 e. The molecule has 7 heavy (non-hydrogen) atoms. The van der Waals surface area contributed by atoms with Crippen molar-refractivity contribution in [1.29, 1.82) is 0 Å². The summed E-state index contributed by atoms with van der Waals surface area (Å²) in [5.74, 6) is 0. The molecule has 1 unspecified atom stereocenters. The molecule has 0 aromatic carbocycles.